The Bertz CT molecular complexity index is 359. The molecule has 0 aromatic carbocycles. The Kier molecular flexibility index (Phi) is 3.66. The molecule has 4 saturated heterocycles. The van der Waals surface area contributed by atoms with Gasteiger partial charge in [0.05, 0.1) is 24.4 Å². The van der Waals surface area contributed by atoms with Gasteiger partial charge in [0.1, 0.15) is 0 Å². The highest BCUT2D eigenvalue weighted by Gasteiger charge is 2.58. The van der Waals surface area contributed by atoms with Crippen molar-refractivity contribution >= 4 is 15.8 Å². The third-order valence-corrected chi connectivity index (χ3v) is 10.5. The van der Waals surface area contributed by atoms with Crippen molar-refractivity contribution in [2.24, 2.45) is 0 Å². The first-order chi connectivity index (χ1) is 9.54. The molecule has 0 aromatic rings. The van der Waals surface area contributed by atoms with Crippen LogP contribution in [-0.2, 0) is 18.9 Å². The summed E-state index contributed by atoms with van der Waals surface area (Å²) in [5.41, 5.74) is 1.28. The van der Waals surface area contributed by atoms with Gasteiger partial charge in [-0.15, -0.1) is 15.8 Å². The first-order valence-electron chi connectivity index (χ1n) is 7.57. The maximum Gasteiger partial charge on any atom is 0.155 e. The molecule has 4 nitrogen and oxygen atoms in total. The molecule has 0 aliphatic carbocycles. The van der Waals surface area contributed by atoms with Crippen LogP contribution in [0.15, 0.2) is 0 Å². The van der Waals surface area contributed by atoms with E-state index in [0.717, 1.165) is 0 Å². The second kappa shape index (κ2) is 5.11. The van der Waals surface area contributed by atoms with Crippen molar-refractivity contribution in [3.8, 4) is 0 Å². The van der Waals surface area contributed by atoms with Gasteiger partial charge in [0.25, 0.3) is 0 Å². The van der Waals surface area contributed by atoms with Crippen molar-refractivity contribution in [1.29, 1.82) is 0 Å². The zero-order chi connectivity index (χ0) is 14.0. The fourth-order valence-electron chi connectivity index (χ4n) is 4.45. The van der Waals surface area contributed by atoms with Crippen LogP contribution in [0.1, 0.15) is 13.8 Å². The molecule has 0 N–H and O–H groups in total. The van der Waals surface area contributed by atoms with Gasteiger partial charge in [-0.2, -0.15) is 0 Å². The fourth-order valence-corrected chi connectivity index (χ4v) is 10.9. The second-order valence-corrected chi connectivity index (χ2v) is 11.5. The first kappa shape index (κ1) is 14.3. The van der Waals surface area contributed by atoms with E-state index in [1.54, 1.807) is 0 Å². The van der Waals surface area contributed by atoms with Crippen LogP contribution < -0.4 is 0 Å². The van der Waals surface area contributed by atoms with Gasteiger partial charge >= 0.3 is 0 Å². The van der Waals surface area contributed by atoms with Gasteiger partial charge in [-0.25, -0.2) is 0 Å². The second-order valence-electron chi connectivity index (χ2n) is 6.55. The smallest absolute Gasteiger partial charge is 0.155 e. The molecule has 4 aliphatic rings. The van der Waals surface area contributed by atoms with Crippen LogP contribution in [0.3, 0.4) is 0 Å². The number of rotatable bonds is 1. The lowest BCUT2D eigenvalue weighted by Crippen LogP contribution is -2.41. The average Bonchev–Trinajstić information content (AvgIpc) is 3.01. The van der Waals surface area contributed by atoms with Gasteiger partial charge in [-0.3, -0.25) is 0 Å². The maximum atomic E-state index is 6.11. The Labute approximate surface area is 123 Å². The van der Waals surface area contributed by atoms with E-state index in [9.17, 15) is 0 Å². The Morgan fingerprint density at radius 3 is 1.50 bits per heavy atom. The highest BCUT2D eigenvalue weighted by molar-refractivity contribution is 7.62. The summed E-state index contributed by atoms with van der Waals surface area (Å²) < 4.78 is 24.1. The van der Waals surface area contributed by atoms with E-state index in [1.165, 1.54) is 12.3 Å². The monoisotopic (exact) mass is 318 g/mol. The molecule has 0 amide bonds. The molecule has 0 saturated carbocycles. The van der Waals surface area contributed by atoms with E-state index in [4.69, 9.17) is 18.9 Å². The molecule has 114 valence electrons. The Morgan fingerprint density at radius 2 is 1.10 bits per heavy atom. The Balaban J connectivity index is 1.59. The van der Waals surface area contributed by atoms with Crippen LogP contribution in [0.25, 0.3) is 0 Å². The third-order valence-electron chi connectivity index (χ3n) is 5.14. The van der Waals surface area contributed by atoms with Gasteiger partial charge in [0.15, 0.2) is 12.6 Å². The minimum atomic E-state index is -0.0313. The number of hydrogen-bond donors (Lipinski definition) is 0. The molecule has 4 fully saturated rings. The zero-order valence-electron chi connectivity index (χ0n) is 12.6. The summed E-state index contributed by atoms with van der Waals surface area (Å²) in [6.45, 7) is 8.89. The van der Waals surface area contributed by atoms with Crippen LogP contribution in [0.5, 0.6) is 0 Å². The fraction of sp³-hybridized carbons (Fsp3) is 1.00. The molecular weight excluding hydrogens is 294 g/mol. The molecule has 5 unspecified atom stereocenters. The van der Waals surface area contributed by atoms with E-state index < -0.39 is 0 Å². The summed E-state index contributed by atoms with van der Waals surface area (Å²) in [6.07, 6.45) is 3.59. The highest BCUT2D eigenvalue weighted by Crippen LogP contribution is 2.63. The lowest BCUT2D eigenvalue weighted by Gasteiger charge is -2.33. The van der Waals surface area contributed by atoms with Crippen LogP contribution in [0.4, 0.5) is 0 Å². The number of fused-ring (bicyclic) bond motifs is 2. The lowest BCUT2D eigenvalue weighted by atomic mass is 10.0. The predicted octanol–water partition coefficient (Wildman–Crippen LogP) is 2.23. The van der Waals surface area contributed by atoms with E-state index in [1.807, 2.05) is 13.8 Å². The van der Waals surface area contributed by atoms with E-state index in [0.29, 0.717) is 35.7 Å². The van der Waals surface area contributed by atoms with Crippen molar-refractivity contribution in [1.82, 2.24) is 0 Å². The van der Waals surface area contributed by atoms with E-state index in [-0.39, 0.29) is 28.4 Å². The summed E-state index contributed by atoms with van der Waals surface area (Å²) in [5, 5.41) is 0. The largest absolute Gasteiger partial charge is 0.347 e. The molecule has 0 radical (unpaired) electrons. The molecule has 4 aliphatic heterocycles. The van der Waals surface area contributed by atoms with E-state index in [2.05, 4.69) is 13.3 Å². The van der Waals surface area contributed by atoms with Crippen molar-refractivity contribution in [3.05, 3.63) is 0 Å². The quantitative estimate of drug-likeness (QED) is 0.695. The molecule has 10 atom stereocenters. The summed E-state index contributed by atoms with van der Waals surface area (Å²) in [7, 11) is -0.0512. The van der Waals surface area contributed by atoms with Gasteiger partial charge < -0.3 is 18.9 Å². The molecule has 0 bridgehead atoms. The Hall–Kier alpha value is 0.700. The molecule has 6 heteroatoms. The summed E-state index contributed by atoms with van der Waals surface area (Å²) in [5.74, 6) is 0. The van der Waals surface area contributed by atoms with Crippen LogP contribution in [0.2, 0.25) is 0 Å². The maximum absolute atomic E-state index is 6.11. The predicted molar refractivity (Wildman–Crippen MR) is 81.4 cm³/mol. The minimum absolute atomic E-state index is 0.0256. The standard InChI is InChI=1S/C14H24O4P2/c1-7-15-9-5-19(3)13(11(9)17-7)14-12-10(6-20(14)4)16-8(2)18-12/h7-14H,5-6H2,1-4H3/t7?,8?,9-,10-,11+,12+,13-,14?,19?,20?/m1/s1. The molecule has 4 heterocycles. The molecule has 4 rings (SSSR count). The topological polar surface area (TPSA) is 36.9 Å². The first-order valence-corrected chi connectivity index (χ1v) is 11.7. The van der Waals surface area contributed by atoms with Gasteiger partial charge in [-0.1, -0.05) is 0 Å². The van der Waals surface area contributed by atoms with Crippen molar-refractivity contribution in [3.63, 3.8) is 0 Å². The van der Waals surface area contributed by atoms with Crippen molar-refractivity contribution < 1.29 is 18.9 Å². The van der Waals surface area contributed by atoms with Gasteiger partial charge in [-0.05, 0) is 39.5 Å². The summed E-state index contributed by atoms with van der Waals surface area (Å²) >= 11 is 0. The van der Waals surface area contributed by atoms with Crippen LogP contribution in [0, 0.1) is 0 Å². The summed E-state index contributed by atoms with van der Waals surface area (Å²) in [4.78, 5) is 0. The van der Waals surface area contributed by atoms with Gasteiger partial charge in [0.2, 0.25) is 0 Å². The number of ether oxygens (including phenoxy) is 4. The highest BCUT2D eigenvalue weighted by atomic mass is 31.1. The van der Waals surface area contributed by atoms with Crippen molar-refractivity contribution in [2.75, 3.05) is 25.7 Å². The zero-order valence-corrected chi connectivity index (χ0v) is 14.3. The third kappa shape index (κ3) is 2.11. The molecule has 0 aromatic heterocycles. The SMILES string of the molecule is CC1O[C@H]2[C@@H](CP(C)[C@H]2C2[C@H]3OC(C)O[C@@H]3CP2C)O1. The van der Waals surface area contributed by atoms with E-state index >= 15 is 0 Å². The minimum Gasteiger partial charge on any atom is -0.347 e. The van der Waals surface area contributed by atoms with Crippen molar-refractivity contribution in [2.45, 2.75) is 62.2 Å². The van der Waals surface area contributed by atoms with Crippen LogP contribution >= 0.6 is 15.8 Å². The molecule has 0 spiro atoms. The number of hydrogen-bond acceptors (Lipinski definition) is 4. The Morgan fingerprint density at radius 1 is 0.700 bits per heavy atom. The van der Waals surface area contributed by atoms with Gasteiger partial charge in [0, 0.05) is 11.3 Å². The summed E-state index contributed by atoms with van der Waals surface area (Å²) in [6, 6.07) is 0. The molecule has 20 heavy (non-hydrogen) atoms. The van der Waals surface area contributed by atoms with Crippen LogP contribution in [-0.4, -0.2) is 74.0 Å². The molecular formula is C14H24O4P2. The average molecular weight is 318 g/mol. The lowest BCUT2D eigenvalue weighted by molar-refractivity contribution is -0.0577. The normalized spacial score (nSPS) is 61.8.